The van der Waals surface area contributed by atoms with Crippen LogP contribution in [0.3, 0.4) is 0 Å². The minimum absolute atomic E-state index is 1.12. The van der Waals surface area contributed by atoms with E-state index in [0.717, 1.165) is 4.90 Å². The maximum atomic E-state index is 8.43. The Kier molecular flexibility index (Phi) is 2.97. The van der Waals surface area contributed by atoms with E-state index in [2.05, 4.69) is 24.3 Å². The van der Waals surface area contributed by atoms with E-state index in [9.17, 15) is 0 Å². The zero-order valence-corrected chi connectivity index (χ0v) is 8.94. The number of nitrogens with zero attached hydrogens (tertiary/aromatic N) is 1. The maximum absolute atomic E-state index is 8.43. The number of hydrogen-bond acceptors (Lipinski definition) is 3. The number of nitriles is 1. The lowest BCUT2D eigenvalue weighted by Crippen LogP contribution is -1.72. The highest BCUT2D eigenvalue weighted by Crippen LogP contribution is 2.31. The SMILES string of the molecule is N#CSSc1ccc2ccccc2c1. The number of benzene rings is 2. The third-order valence-corrected chi connectivity index (χ3v) is 3.55. The summed E-state index contributed by atoms with van der Waals surface area (Å²) < 4.78 is 0. The van der Waals surface area contributed by atoms with Gasteiger partial charge in [0.1, 0.15) is 5.40 Å². The molecule has 0 N–H and O–H groups in total. The molecule has 2 aromatic rings. The molecule has 0 aromatic heterocycles. The first kappa shape index (κ1) is 9.45. The van der Waals surface area contributed by atoms with E-state index in [-0.39, 0.29) is 0 Å². The molecule has 0 aliphatic heterocycles. The van der Waals surface area contributed by atoms with Crippen molar-refractivity contribution in [3.63, 3.8) is 0 Å². The predicted octanol–water partition coefficient (Wildman–Crippen LogP) is 4.06. The molecule has 0 aliphatic carbocycles. The average Bonchev–Trinajstić information content (AvgIpc) is 2.26. The van der Waals surface area contributed by atoms with E-state index < -0.39 is 0 Å². The monoisotopic (exact) mass is 217 g/mol. The molecular formula is C11H7NS2. The molecule has 0 saturated heterocycles. The summed E-state index contributed by atoms with van der Waals surface area (Å²) in [5.74, 6) is 0. The molecule has 2 rings (SSSR count). The van der Waals surface area contributed by atoms with Gasteiger partial charge in [-0.15, -0.1) is 0 Å². The van der Waals surface area contributed by atoms with Crippen LogP contribution < -0.4 is 0 Å². The molecule has 0 aliphatic rings. The van der Waals surface area contributed by atoms with Crippen molar-refractivity contribution < 1.29 is 0 Å². The Morgan fingerprint density at radius 1 is 1.00 bits per heavy atom. The molecule has 0 spiro atoms. The molecule has 0 unspecified atom stereocenters. The van der Waals surface area contributed by atoms with Gasteiger partial charge in [-0.1, -0.05) is 30.3 Å². The van der Waals surface area contributed by atoms with Gasteiger partial charge in [-0.05, 0) is 33.7 Å². The van der Waals surface area contributed by atoms with Crippen LogP contribution in [0.4, 0.5) is 0 Å². The largest absolute Gasteiger partial charge is 0.184 e. The van der Waals surface area contributed by atoms with Crippen molar-refractivity contribution in [1.29, 1.82) is 5.26 Å². The van der Waals surface area contributed by atoms with Crippen LogP contribution in [0.2, 0.25) is 0 Å². The minimum Gasteiger partial charge on any atom is -0.184 e. The average molecular weight is 217 g/mol. The molecule has 2 aromatic carbocycles. The fraction of sp³-hybridized carbons (Fsp3) is 0. The smallest absolute Gasteiger partial charge is 0.145 e. The van der Waals surface area contributed by atoms with Crippen LogP contribution in [0.1, 0.15) is 0 Å². The van der Waals surface area contributed by atoms with Gasteiger partial charge in [0.2, 0.25) is 0 Å². The summed E-state index contributed by atoms with van der Waals surface area (Å²) >= 11 is 0. The molecule has 68 valence electrons. The van der Waals surface area contributed by atoms with Crippen molar-refractivity contribution in [3.05, 3.63) is 42.5 Å². The van der Waals surface area contributed by atoms with Crippen LogP contribution in [-0.2, 0) is 0 Å². The summed E-state index contributed by atoms with van der Waals surface area (Å²) in [5, 5.41) is 12.9. The lowest BCUT2D eigenvalue weighted by atomic mass is 10.1. The van der Waals surface area contributed by atoms with E-state index in [4.69, 9.17) is 5.26 Å². The van der Waals surface area contributed by atoms with Gasteiger partial charge >= 0.3 is 0 Å². The van der Waals surface area contributed by atoms with E-state index in [1.807, 2.05) is 23.6 Å². The summed E-state index contributed by atoms with van der Waals surface area (Å²) in [4.78, 5) is 1.12. The highest BCUT2D eigenvalue weighted by Gasteiger charge is 1.96. The first-order valence-corrected chi connectivity index (χ1v) is 6.26. The van der Waals surface area contributed by atoms with Crippen LogP contribution >= 0.6 is 21.6 Å². The Balaban J connectivity index is 2.37. The highest BCUT2D eigenvalue weighted by atomic mass is 33.1. The quantitative estimate of drug-likeness (QED) is 0.560. The van der Waals surface area contributed by atoms with E-state index in [0.29, 0.717) is 0 Å². The molecule has 1 nitrogen and oxygen atoms in total. The van der Waals surface area contributed by atoms with Crippen LogP contribution in [0.15, 0.2) is 47.4 Å². The lowest BCUT2D eigenvalue weighted by molar-refractivity contribution is 1.52. The molecule has 0 radical (unpaired) electrons. The first-order chi connectivity index (χ1) is 6.90. The van der Waals surface area contributed by atoms with Gasteiger partial charge in [-0.3, -0.25) is 0 Å². The van der Waals surface area contributed by atoms with Crippen molar-refractivity contribution >= 4 is 32.4 Å². The second kappa shape index (κ2) is 4.41. The van der Waals surface area contributed by atoms with Crippen LogP contribution in [0.5, 0.6) is 0 Å². The number of fused-ring (bicyclic) bond motifs is 1. The summed E-state index contributed by atoms with van der Waals surface area (Å²) in [6.07, 6.45) is 0. The van der Waals surface area contributed by atoms with Gasteiger partial charge in [-0.2, -0.15) is 5.26 Å². The summed E-state index contributed by atoms with van der Waals surface area (Å²) in [6.45, 7) is 0. The molecule has 0 heterocycles. The second-order valence-corrected chi connectivity index (χ2v) is 4.75. The van der Waals surface area contributed by atoms with Gasteiger partial charge in [0.15, 0.2) is 0 Å². The lowest BCUT2D eigenvalue weighted by Gasteiger charge is -1.99. The van der Waals surface area contributed by atoms with E-state index >= 15 is 0 Å². The zero-order chi connectivity index (χ0) is 9.80. The molecule has 0 atom stereocenters. The molecule has 3 heteroatoms. The molecule has 0 saturated carbocycles. The Bertz CT molecular complexity index is 488. The number of thiocyanates is 1. The maximum Gasteiger partial charge on any atom is 0.145 e. The fourth-order valence-electron chi connectivity index (χ4n) is 1.29. The van der Waals surface area contributed by atoms with Gasteiger partial charge in [0, 0.05) is 15.7 Å². The normalized spacial score (nSPS) is 9.93. The number of hydrogen-bond donors (Lipinski definition) is 0. The Morgan fingerprint density at radius 2 is 1.79 bits per heavy atom. The molecule has 14 heavy (non-hydrogen) atoms. The Morgan fingerprint density at radius 3 is 2.57 bits per heavy atom. The van der Waals surface area contributed by atoms with Crippen molar-refractivity contribution in [3.8, 4) is 5.40 Å². The van der Waals surface area contributed by atoms with Crippen molar-refractivity contribution in [1.82, 2.24) is 0 Å². The third kappa shape index (κ3) is 2.03. The molecule has 0 bridgehead atoms. The first-order valence-electron chi connectivity index (χ1n) is 4.11. The number of rotatable bonds is 2. The van der Waals surface area contributed by atoms with Crippen molar-refractivity contribution in [2.75, 3.05) is 0 Å². The predicted molar refractivity (Wildman–Crippen MR) is 63.0 cm³/mol. The Hall–Kier alpha value is -1.11. The van der Waals surface area contributed by atoms with Gasteiger partial charge in [0.05, 0.1) is 0 Å². The van der Waals surface area contributed by atoms with E-state index in [1.165, 1.54) is 32.4 Å². The standard InChI is InChI=1S/C11H7NS2/c12-8-13-14-11-6-5-9-3-1-2-4-10(9)7-11/h1-7H. The van der Waals surface area contributed by atoms with Crippen LogP contribution in [0.25, 0.3) is 10.8 Å². The summed E-state index contributed by atoms with van der Waals surface area (Å²) in [7, 11) is 2.68. The summed E-state index contributed by atoms with van der Waals surface area (Å²) in [6, 6.07) is 14.4. The van der Waals surface area contributed by atoms with Gasteiger partial charge in [-0.25, -0.2) is 0 Å². The fourth-order valence-corrected chi connectivity index (χ4v) is 2.43. The molecule has 0 fully saturated rings. The summed E-state index contributed by atoms with van der Waals surface area (Å²) in [5.41, 5.74) is 0. The van der Waals surface area contributed by atoms with E-state index in [1.54, 1.807) is 0 Å². The molecular weight excluding hydrogens is 210 g/mol. The van der Waals surface area contributed by atoms with Gasteiger partial charge in [0.25, 0.3) is 0 Å². The zero-order valence-electron chi connectivity index (χ0n) is 7.31. The van der Waals surface area contributed by atoms with Crippen LogP contribution in [-0.4, -0.2) is 0 Å². The van der Waals surface area contributed by atoms with Crippen LogP contribution in [0, 0.1) is 10.7 Å². The molecule has 0 amide bonds. The minimum atomic E-state index is 1.12. The highest BCUT2D eigenvalue weighted by molar-refractivity contribution is 8.78. The third-order valence-electron chi connectivity index (χ3n) is 1.90. The van der Waals surface area contributed by atoms with Crippen molar-refractivity contribution in [2.24, 2.45) is 0 Å². The topological polar surface area (TPSA) is 23.8 Å². The second-order valence-electron chi connectivity index (χ2n) is 2.77. The van der Waals surface area contributed by atoms with Gasteiger partial charge < -0.3 is 0 Å². The Labute approximate surface area is 90.5 Å². The van der Waals surface area contributed by atoms with Crippen molar-refractivity contribution in [2.45, 2.75) is 4.90 Å².